The Morgan fingerprint density at radius 3 is 2.87 bits per heavy atom. The molecule has 1 aliphatic carbocycles. The molecule has 1 aromatic rings. The average Bonchev–Trinajstić information content (AvgIpc) is 2.17. The lowest BCUT2D eigenvalue weighted by Crippen LogP contribution is -2.07. The number of ketones is 1. The molecule has 0 saturated carbocycles. The van der Waals surface area contributed by atoms with Crippen LogP contribution >= 0.6 is 0 Å². The fourth-order valence-electron chi connectivity index (χ4n) is 1.67. The third-order valence-corrected chi connectivity index (χ3v) is 2.41. The summed E-state index contributed by atoms with van der Waals surface area (Å²) in [7, 11) is 0. The van der Waals surface area contributed by atoms with Gasteiger partial charge in [0.2, 0.25) is 0 Å². The summed E-state index contributed by atoms with van der Waals surface area (Å²) in [6.07, 6.45) is 4.03. The van der Waals surface area contributed by atoms with Crippen LogP contribution in [0.15, 0.2) is 36.1 Å². The van der Waals surface area contributed by atoms with Crippen LogP contribution in [-0.4, -0.2) is 5.78 Å². The van der Waals surface area contributed by atoms with Gasteiger partial charge in [0.1, 0.15) is 11.5 Å². The van der Waals surface area contributed by atoms with Crippen LogP contribution in [0.4, 0.5) is 0 Å². The zero-order chi connectivity index (χ0) is 10.7. The molecule has 2 heteroatoms. The monoisotopic (exact) mass is 202 g/mol. The first-order valence-corrected chi connectivity index (χ1v) is 5.22. The van der Waals surface area contributed by atoms with Gasteiger partial charge in [-0.2, -0.15) is 0 Å². The van der Waals surface area contributed by atoms with Gasteiger partial charge in [-0.15, -0.1) is 0 Å². The predicted octanol–water partition coefficient (Wildman–Crippen LogP) is 3.01. The molecule has 2 nitrogen and oxygen atoms in total. The number of aryl methyl sites for hydroxylation is 1. The van der Waals surface area contributed by atoms with E-state index in [4.69, 9.17) is 4.74 Å². The lowest BCUT2D eigenvalue weighted by atomic mass is 10.1. The summed E-state index contributed by atoms with van der Waals surface area (Å²) in [4.78, 5) is 11.2. The lowest BCUT2D eigenvalue weighted by Gasteiger charge is -2.13. The van der Waals surface area contributed by atoms with Crippen molar-refractivity contribution in [2.45, 2.75) is 26.2 Å². The van der Waals surface area contributed by atoms with Gasteiger partial charge in [-0.25, -0.2) is 0 Å². The van der Waals surface area contributed by atoms with Gasteiger partial charge in [-0.1, -0.05) is 12.1 Å². The van der Waals surface area contributed by atoms with Gasteiger partial charge in [-0.05, 0) is 31.0 Å². The molecule has 15 heavy (non-hydrogen) atoms. The first-order valence-electron chi connectivity index (χ1n) is 5.22. The molecule has 0 saturated heterocycles. The number of hydrogen-bond donors (Lipinski definition) is 0. The van der Waals surface area contributed by atoms with Crippen LogP contribution in [-0.2, 0) is 4.79 Å². The summed E-state index contributed by atoms with van der Waals surface area (Å²) >= 11 is 0. The zero-order valence-electron chi connectivity index (χ0n) is 8.82. The molecule has 0 heterocycles. The van der Waals surface area contributed by atoms with Crippen molar-refractivity contribution < 1.29 is 9.53 Å². The Bertz CT molecular complexity index is 405. The second-order valence-corrected chi connectivity index (χ2v) is 3.85. The highest BCUT2D eigenvalue weighted by Gasteiger charge is 2.11. The topological polar surface area (TPSA) is 26.3 Å². The maximum absolute atomic E-state index is 11.2. The van der Waals surface area contributed by atoms with Crippen LogP contribution in [0.5, 0.6) is 5.75 Å². The van der Waals surface area contributed by atoms with E-state index in [1.165, 1.54) is 0 Å². The van der Waals surface area contributed by atoms with E-state index >= 15 is 0 Å². The first kappa shape index (κ1) is 9.97. The number of allylic oxidation sites excluding steroid dienone is 2. The molecule has 2 rings (SSSR count). The van der Waals surface area contributed by atoms with E-state index in [0.29, 0.717) is 6.42 Å². The number of hydrogen-bond acceptors (Lipinski definition) is 2. The van der Waals surface area contributed by atoms with Crippen molar-refractivity contribution in [2.75, 3.05) is 0 Å². The van der Waals surface area contributed by atoms with Gasteiger partial charge < -0.3 is 4.74 Å². The average molecular weight is 202 g/mol. The largest absolute Gasteiger partial charge is 0.462 e. The molecule has 1 aliphatic rings. The van der Waals surface area contributed by atoms with Gasteiger partial charge in [0, 0.05) is 18.9 Å². The molecule has 0 unspecified atom stereocenters. The molecule has 78 valence electrons. The van der Waals surface area contributed by atoms with E-state index in [1.807, 2.05) is 31.2 Å². The first-order chi connectivity index (χ1) is 7.24. The summed E-state index contributed by atoms with van der Waals surface area (Å²) in [5, 5.41) is 0. The number of benzene rings is 1. The molecule has 0 bridgehead atoms. The Hall–Kier alpha value is -1.57. The normalized spacial score (nSPS) is 16.1. The predicted molar refractivity (Wildman–Crippen MR) is 58.7 cm³/mol. The maximum atomic E-state index is 11.2. The number of carbonyl (C=O) groups excluding carboxylic acids is 1. The maximum Gasteiger partial charge on any atom is 0.159 e. The molecule has 0 radical (unpaired) electrons. The summed E-state index contributed by atoms with van der Waals surface area (Å²) < 4.78 is 5.65. The van der Waals surface area contributed by atoms with Crippen molar-refractivity contribution in [1.82, 2.24) is 0 Å². The minimum atomic E-state index is 0.170. The third-order valence-electron chi connectivity index (χ3n) is 2.41. The number of carbonyl (C=O) groups is 1. The van der Waals surface area contributed by atoms with E-state index in [9.17, 15) is 4.79 Å². The Balaban J connectivity index is 2.11. The summed E-state index contributed by atoms with van der Waals surface area (Å²) in [5.74, 6) is 1.77. The third kappa shape index (κ3) is 2.69. The highest BCUT2D eigenvalue weighted by atomic mass is 16.5. The fourth-order valence-corrected chi connectivity index (χ4v) is 1.67. The van der Waals surface area contributed by atoms with Gasteiger partial charge in [-0.3, -0.25) is 4.79 Å². The van der Waals surface area contributed by atoms with Gasteiger partial charge >= 0.3 is 0 Å². The molecule has 0 aromatic heterocycles. The van der Waals surface area contributed by atoms with Crippen LogP contribution < -0.4 is 4.74 Å². The molecule has 0 fully saturated rings. The quantitative estimate of drug-likeness (QED) is 0.736. The molecular weight excluding hydrogens is 188 g/mol. The number of rotatable bonds is 2. The Morgan fingerprint density at radius 1 is 1.27 bits per heavy atom. The second kappa shape index (κ2) is 4.30. The smallest absolute Gasteiger partial charge is 0.159 e. The Morgan fingerprint density at radius 2 is 2.13 bits per heavy atom. The Labute approximate surface area is 89.6 Å². The van der Waals surface area contributed by atoms with Crippen LogP contribution in [0, 0.1) is 6.92 Å². The molecule has 0 spiro atoms. The van der Waals surface area contributed by atoms with E-state index in [0.717, 1.165) is 29.9 Å². The van der Waals surface area contributed by atoms with Crippen LogP contribution in [0.3, 0.4) is 0 Å². The molecule has 0 N–H and O–H groups in total. The molecular formula is C13H14O2. The minimum Gasteiger partial charge on any atom is -0.462 e. The highest BCUT2D eigenvalue weighted by Crippen LogP contribution is 2.21. The van der Waals surface area contributed by atoms with Crippen LogP contribution in [0.25, 0.3) is 0 Å². The van der Waals surface area contributed by atoms with Crippen molar-refractivity contribution in [3.8, 4) is 5.75 Å². The van der Waals surface area contributed by atoms with E-state index < -0.39 is 0 Å². The second-order valence-electron chi connectivity index (χ2n) is 3.85. The molecule has 0 atom stereocenters. The zero-order valence-corrected chi connectivity index (χ0v) is 8.82. The van der Waals surface area contributed by atoms with Crippen LogP contribution in [0.2, 0.25) is 0 Å². The van der Waals surface area contributed by atoms with Crippen LogP contribution in [0.1, 0.15) is 24.8 Å². The fraction of sp³-hybridized carbons (Fsp3) is 0.308. The van der Waals surface area contributed by atoms with Gasteiger partial charge in [0.25, 0.3) is 0 Å². The standard InChI is InChI=1S/C13H14O2/c1-10-4-2-6-12(8-10)15-13-7-3-5-11(14)9-13/h2,4,6,8-9H,3,5,7H2,1H3. The summed E-state index contributed by atoms with van der Waals surface area (Å²) in [5.41, 5.74) is 1.16. The van der Waals surface area contributed by atoms with Crippen molar-refractivity contribution in [2.24, 2.45) is 0 Å². The molecule has 0 amide bonds. The van der Waals surface area contributed by atoms with Crippen molar-refractivity contribution in [3.05, 3.63) is 41.7 Å². The minimum absolute atomic E-state index is 0.170. The highest BCUT2D eigenvalue weighted by molar-refractivity contribution is 5.90. The summed E-state index contributed by atoms with van der Waals surface area (Å²) in [6, 6.07) is 7.86. The lowest BCUT2D eigenvalue weighted by molar-refractivity contribution is -0.115. The van der Waals surface area contributed by atoms with E-state index in [1.54, 1.807) is 6.08 Å². The molecule has 1 aromatic carbocycles. The van der Waals surface area contributed by atoms with E-state index in [-0.39, 0.29) is 5.78 Å². The Kier molecular flexibility index (Phi) is 2.86. The van der Waals surface area contributed by atoms with E-state index in [2.05, 4.69) is 0 Å². The van der Waals surface area contributed by atoms with Crippen molar-refractivity contribution in [1.29, 1.82) is 0 Å². The van der Waals surface area contributed by atoms with Gasteiger partial charge in [0.15, 0.2) is 5.78 Å². The number of ether oxygens (including phenoxy) is 1. The van der Waals surface area contributed by atoms with Gasteiger partial charge in [0.05, 0.1) is 0 Å². The SMILES string of the molecule is Cc1cccc(OC2=CC(=O)CCC2)c1. The molecule has 0 aliphatic heterocycles. The summed E-state index contributed by atoms with van der Waals surface area (Å²) in [6.45, 7) is 2.02. The van der Waals surface area contributed by atoms with Crippen molar-refractivity contribution >= 4 is 5.78 Å². The van der Waals surface area contributed by atoms with Crippen molar-refractivity contribution in [3.63, 3.8) is 0 Å².